The number of benzene rings is 1. The van der Waals surface area contributed by atoms with E-state index in [9.17, 15) is 19.7 Å². The lowest BCUT2D eigenvalue weighted by atomic mass is 10.1. The number of anilines is 1. The van der Waals surface area contributed by atoms with E-state index in [4.69, 9.17) is 4.74 Å². The normalized spacial score (nSPS) is 13.3. The number of thiophene rings is 1. The maximum Gasteiger partial charge on any atom is 0.341 e. The zero-order valence-corrected chi connectivity index (χ0v) is 15.2. The average Bonchev–Trinajstić information content (AvgIpc) is 3.35. The summed E-state index contributed by atoms with van der Waals surface area (Å²) in [7, 11) is 0. The number of carbonyl (C=O) groups excluding carboxylic acids is 2. The molecule has 0 atom stereocenters. The molecule has 1 aromatic carbocycles. The van der Waals surface area contributed by atoms with E-state index in [-0.39, 0.29) is 12.3 Å². The first kappa shape index (κ1) is 18.1. The molecule has 1 aliphatic carbocycles. The summed E-state index contributed by atoms with van der Waals surface area (Å²) in [6, 6.07) is 4.06. The van der Waals surface area contributed by atoms with Crippen LogP contribution in [-0.2, 0) is 4.74 Å². The minimum absolute atomic E-state index is 0.0709. The van der Waals surface area contributed by atoms with Gasteiger partial charge in [0, 0.05) is 17.7 Å². The first-order valence-corrected chi connectivity index (χ1v) is 9.15. The van der Waals surface area contributed by atoms with Crippen LogP contribution in [0.2, 0.25) is 0 Å². The molecule has 7 nitrogen and oxygen atoms in total. The average molecular weight is 374 g/mol. The highest BCUT2D eigenvalue weighted by atomic mass is 32.1. The fourth-order valence-electron chi connectivity index (χ4n) is 2.76. The summed E-state index contributed by atoms with van der Waals surface area (Å²) in [6.07, 6.45) is 2.05. The van der Waals surface area contributed by atoms with E-state index in [1.54, 1.807) is 13.8 Å². The molecule has 3 rings (SSSR count). The zero-order chi connectivity index (χ0) is 18.8. The van der Waals surface area contributed by atoms with Crippen LogP contribution >= 0.6 is 11.3 Å². The molecule has 0 saturated heterocycles. The quantitative estimate of drug-likeness (QED) is 0.462. The third-order valence-corrected chi connectivity index (χ3v) is 5.12. The van der Waals surface area contributed by atoms with Gasteiger partial charge in [-0.15, -0.1) is 11.3 Å². The zero-order valence-electron chi connectivity index (χ0n) is 14.4. The van der Waals surface area contributed by atoms with Gasteiger partial charge >= 0.3 is 5.97 Å². The molecule has 1 amide bonds. The van der Waals surface area contributed by atoms with E-state index in [1.807, 2.05) is 5.38 Å². The van der Waals surface area contributed by atoms with E-state index in [1.165, 1.54) is 29.5 Å². The summed E-state index contributed by atoms with van der Waals surface area (Å²) in [5, 5.41) is 15.9. The first-order chi connectivity index (χ1) is 12.4. The lowest BCUT2D eigenvalue weighted by Crippen LogP contribution is -2.16. The molecule has 1 saturated carbocycles. The third-order valence-electron chi connectivity index (χ3n) is 4.21. The highest BCUT2D eigenvalue weighted by molar-refractivity contribution is 7.15. The maximum atomic E-state index is 12.6. The molecule has 1 fully saturated rings. The number of nitro benzene ring substituents is 1. The van der Waals surface area contributed by atoms with Crippen LogP contribution in [0.5, 0.6) is 0 Å². The number of nitrogens with one attached hydrogen (secondary N) is 1. The fourth-order valence-corrected chi connectivity index (χ4v) is 3.78. The Hall–Kier alpha value is -2.74. The summed E-state index contributed by atoms with van der Waals surface area (Å²) >= 11 is 1.29. The molecule has 0 unspecified atom stereocenters. The minimum atomic E-state index is -0.505. The molecule has 0 bridgehead atoms. The SMILES string of the molecule is CCOC(=O)c1c(C2CC2)csc1NC(=O)c1ccc([N+](=O)[O-])cc1C. The monoisotopic (exact) mass is 374 g/mol. The van der Waals surface area contributed by atoms with Crippen molar-refractivity contribution >= 4 is 33.9 Å². The Morgan fingerprint density at radius 3 is 2.69 bits per heavy atom. The van der Waals surface area contributed by atoms with Crippen molar-refractivity contribution in [1.82, 2.24) is 0 Å². The number of nitro groups is 1. The molecule has 1 N–H and O–H groups in total. The van der Waals surface area contributed by atoms with E-state index in [0.717, 1.165) is 18.4 Å². The molecule has 0 radical (unpaired) electrons. The van der Waals surface area contributed by atoms with Gasteiger partial charge in [0.05, 0.1) is 17.1 Å². The summed E-state index contributed by atoms with van der Waals surface area (Å²) in [5.41, 5.74) is 2.09. The van der Waals surface area contributed by atoms with Crippen molar-refractivity contribution in [2.75, 3.05) is 11.9 Å². The fraction of sp³-hybridized carbons (Fsp3) is 0.333. The van der Waals surface area contributed by atoms with Crippen molar-refractivity contribution in [2.24, 2.45) is 0 Å². The Kier molecular flexibility index (Phi) is 5.03. The Labute approximate surface area is 154 Å². The Bertz CT molecular complexity index is 886. The van der Waals surface area contributed by atoms with Gasteiger partial charge in [0.15, 0.2) is 0 Å². The largest absolute Gasteiger partial charge is 0.462 e. The van der Waals surface area contributed by atoms with E-state index < -0.39 is 16.8 Å². The molecule has 1 heterocycles. The summed E-state index contributed by atoms with van der Waals surface area (Å²) in [5.74, 6) is -0.504. The van der Waals surface area contributed by atoms with Gasteiger partial charge in [-0.1, -0.05) is 0 Å². The van der Waals surface area contributed by atoms with Crippen molar-refractivity contribution in [2.45, 2.75) is 32.6 Å². The first-order valence-electron chi connectivity index (χ1n) is 8.27. The van der Waals surface area contributed by atoms with Crippen LogP contribution in [0.3, 0.4) is 0 Å². The summed E-state index contributed by atoms with van der Waals surface area (Å²) < 4.78 is 5.14. The highest BCUT2D eigenvalue weighted by Crippen LogP contribution is 2.46. The van der Waals surface area contributed by atoms with Crippen LogP contribution in [0.4, 0.5) is 10.7 Å². The number of amides is 1. The van der Waals surface area contributed by atoms with Gasteiger partial charge in [0.2, 0.25) is 0 Å². The molecule has 136 valence electrons. The summed E-state index contributed by atoms with van der Waals surface area (Å²) in [6.45, 7) is 3.63. The van der Waals surface area contributed by atoms with Gasteiger partial charge in [-0.25, -0.2) is 4.79 Å². The number of nitrogens with zero attached hydrogens (tertiary/aromatic N) is 1. The third kappa shape index (κ3) is 3.60. The van der Waals surface area contributed by atoms with Crippen LogP contribution in [0.15, 0.2) is 23.6 Å². The van der Waals surface area contributed by atoms with Gasteiger partial charge in [-0.2, -0.15) is 0 Å². The molecular weight excluding hydrogens is 356 g/mol. The van der Waals surface area contributed by atoms with E-state index >= 15 is 0 Å². The van der Waals surface area contributed by atoms with Crippen molar-refractivity contribution < 1.29 is 19.2 Å². The van der Waals surface area contributed by atoms with Crippen molar-refractivity contribution in [3.8, 4) is 0 Å². The van der Waals surface area contributed by atoms with Gasteiger partial charge in [-0.05, 0) is 55.2 Å². The second-order valence-electron chi connectivity index (χ2n) is 6.10. The molecule has 0 aliphatic heterocycles. The minimum Gasteiger partial charge on any atom is -0.462 e. The maximum absolute atomic E-state index is 12.6. The van der Waals surface area contributed by atoms with Gasteiger partial charge in [0.1, 0.15) is 5.00 Å². The van der Waals surface area contributed by atoms with Gasteiger partial charge in [0.25, 0.3) is 11.6 Å². The van der Waals surface area contributed by atoms with E-state index in [0.29, 0.717) is 27.6 Å². The van der Waals surface area contributed by atoms with Crippen LogP contribution in [0.25, 0.3) is 0 Å². The van der Waals surface area contributed by atoms with Crippen LogP contribution < -0.4 is 5.32 Å². The van der Waals surface area contributed by atoms with Gasteiger partial charge in [-0.3, -0.25) is 14.9 Å². The number of rotatable bonds is 6. The molecule has 26 heavy (non-hydrogen) atoms. The molecule has 1 aromatic heterocycles. The van der Waals surface area contributed by atoms with E-state index in [2.05, 4.69) is 5.32 Å². The number of carbonyl (C=O) groups is 2. The molecule has 1 aliphatic rings. The second kappa shape index (κ2) is 7.25. The molecule has 2 aromatic rings. The topological polar surface area (TPSA) is 98.5 Å². The van der Waals surface area contributed by atoms with Crippen molar-refractivity contribution in [3.05, 3.63) is 55.9 Å². The second-order valence-corrected chi connectivity index (χ2v) is 6.98. The Balaban J connectivity index is 1.88. The molecule has 8 heteroatoms. The smallest absolute Gasteiger partial charge is 0.341 e. The number of ether oxygens (including phenoxy) is 1. The Morgan fingerprint density at radius 2 is 2.12 bits per heavy atom. The van der Waals surface area contributed by atoms with Crippen molar-refractivity contribution in [3.63, 3.8) is 0 Å². The predicted octanol–water partition coefficient (Wildman–Crippen LogP) is 4.27. The Morgan fingerprint density at radius 1 is 1.38 bits per heavy atom. The highest BCUT2D eigenvalue weighted by Gasteiger charge is 2.32. The number of esters is 1. The number of non-ortho nitro benzene ring substituents is 1. The summed E-state index contributed by atoms with van der Waals surface area (Å²) in [4.78, 5) is 35.3. The number of hydrogen-bond acceptors (Lipinski definition) is 6. The molecular formula is C18H18N2O5S. The van der Waals surface area contributed by atoms with Crippen LogP contribution in [0, 0.1) is 17.0 Å². The lowest BCUT2D eigenvalue weighted by molar-refractivity contribution is -0.384. The number of hydrogen-bond donors (Lipinski definition) is 1. The lowest BCUT2D eigenvalue weighted by Gasteiger charge is -2.09. The van der Waals surface area contributed by atoms with Gasteiger partial charge < -0.3 is 10.1 Å². The predicted molar refractivity (Wildman–Crippen MR) is 98.0 cm³/mol. The standard InChI is InChI=1S/C18H18N2O5S/c1-3-25-18(22)15-14(11-4-5-11)9-26-17(15)19-16(21)13-7-6-12(20(23)24)8-10(13)2/h6-9,11H,3-5H2,1-2H3,(H,19,21). The van der Waals surface area contributed by atoms with Crippen LogP contribution in [0.1, 0.15) is 57.5 Å². The number of aryl methyl sites for hydroxylation is 1. The van der Waals surface area contributed by atoms with Crippen LogP contribution in [-0.4, -0.2) is 23.4 Å². The van der Waals surface area contributed by atoms with Crippen molar-refractivity contribution in [1.29, 1.82) is 0 Å². The molecule has 0 spiro atoms.